The summed E-state index contributed by atoms with van der Waals surface area (Å²) < 4.78 is 40.4. The van der Waals surface area contributed by atoms with E-state index in [2.05, 4.69) is 25.4 Å². The summed E-state index contributed by atoms with van der Waals surface area (Å²) in [7, 11) is 0. The lowest BCUT2D eigenvalue weighted by atomic mass is 10.1. The molecule has 1 atom stereocenters. The van der Waals surface area contributed by atoms with E-state index in [9.17, 15) is 8.78 Å². The van der Waals surface area contributed by atoms with Crippen LogP contribution in [-0.4, -0.2) is 43.9 Å². The van der Waals surface area contributed by atoms with Crippen LogP contribution in [0.25, 0.3) is 16.9 Å². The fourth-order valence-corrected chi connectivity index (χ4v) is 3.28. The Morgan fingerprint density at radius 1 is 1.09 bits per heavy atom. The number of anilines is 1. The van der Waals surface area contributed by atoms with E-state index in [0.717, 1.165) is 6.07 Å². The van der Waals surface area contributed by atoms with Gasteiger partial charge in [0.25, 0.3) is 0 Å². The summed E-state index contributed by atoms with van der Waals surface area (Å²) in [4.78, 5) is 13.3. The zero-order valence-corrected chi connectivity index (χ0v) is 18.5. The quantitative estimate of drug-likeness (QED) is 0.374. The minimum Gasteiger partial charge on any atom is -0.461 e. The van der Waals surface area contributed by atoms with Crippen molar-refractivity contribution in [2.24, 2.45) is 0 Å². The van der Waals surface area contributed by atoms with E-state index in [0.29, 0.717) is 34.9 Å². The van der Waals surface area contributed by atoms with Gasteiger partial charge in [0, 0.05) is 30.1 Å². The lowest BCUT2D eigenvalue weighted by Gasteiger charge is -2.17. The maximum Gasteiger partial charge on any atom is 0.319 e. The lowest BCUT2D eigenvalue weighted by Crippen LogP contribution is -2.14. The average Bonchev–Trinajstić information content (AvgIpc) is 3.20. The third-order valence-electron chi connectivity index (χ3n) is 4.82. The van der Waals surface area contributed by atoms with E-state index in [1.54, 1.807) is 42.2 Å². The van der Waals surface area contributed by atoms with E-state index in [1.165, 1.54) is 12.1 Å². The Kier molecular flexibility index (Phi) is 6.74. The molecule has 0 saturated carbocycles. The second kappa shape index (κ2) is 9.86. The molecule has 8 nitrogen and oxygen atoms in total. The highest BCUT2D eigenvalue weighted by Gasteiger charge is 2.17. The number of benzene rings is 1. The van der Waals surface area contributed by atoms with Gasteiger partial charge in [0.2, 0.25) is 0 Å². The Morgan fingerprint density at radius 3 is 2.73 bits per heavy atom. The van der Waals surface area contributed by atoms with Gasteiger partial charge in [-0.05, 0) is 32.9 Å². The standard InChI is InChI=1S/C23H24F2N6O2/c1-14(2)32-9-10-33-23-29-20(18-13-27-31-8-4-7-26-22(18)31)12-21(30-23)28-15(3)17-6-5-16(24)11-19(17)25/h4-8,11-15H,9-10H2,1-3H3,(H,28,29,30)/t15-/m0/s1. The van der Waals surface area contributed by atoms with E-state index in [4.69, 9.17) is 9.47 Å². The van der Waals surface area contributed by atoms with Crippen LogP contribution in [0, 0.1) is 11.6 Å². The first-order valence-electron chi connectivity index (χ1n) is 10.5. The molecule has 0 bridgehead atoms. The number of nitrogens with zero attached hydrogens (tertiary/aromatic N) is 5. The molecule has 1 aromatic carbocycles. The van der Waals surface area contributed by atoms with E-state index in [1.807, 2.05) is 13.8 Å². The molecule has 0 aliphatic heterocycles. The van der Waals surface area contributed by atoms with Gasteiger partial charge in [-0.3, -0.25) is 0 Å². The van der Waals surface area contributed by atoms with Crippen LogP contribution in [0.15, 0.2) is 48.9 Å². The minimum absolute atomic E-state index is 0.0781. The largest absolute Gasteiger partial charge is 0.461 e. The first-order chi connectivity index (χ1) is 15.9. The first kappa shape index (κ1) is 22.5. The van der Waals surface area contributed by atoms with Crippen LogP contribution < -0.4 is 10.1 Å². The second-order valence-electron chi connectivity index (χ2n) is 7.67. The summed E-state index contributed by atoms with van der Waals surface area (Å²) in [6.45, 7) is 6.27. The normalized spacial score (nSPS) is 12.3. The Labute approximate surface area is 189 Å². The van der Waals surface area contributed by atoms with Crippen molar-refractivity contribution in [3.63, 3.8) is 0 Å². The van der Waals surface area contributed by atoms with Crippen molar-refractivity contribution in [2.75, 3.05) is 18.5 Å². The van der Waals surface area contributed by atoms with Crippen LogP contribution in [0.1, 0.15) is 32.4 Å². The van der Waals surface area contributed by atoms with Gasteiger partial charge in [-0.1, -0.05) is 6.07 Å². The molecule has 33 heavy (non-hydrogen) atoms. The average molecular weight is 454 g/mol. The predicted molar refractivity (Wildman–Crippen MR) is 119 cm³/mol. The van der Waals surface area contributed by atoms with Crippen LogP contribution >= 0.6 is 0 Å². The molecule has 0 aliphatic rings. The third kappa shape index (κ3) is 5.40. The van der Waals surface area contributed by atoms with Crippen LogP contribution in [0.2, 0.25) is 0 Å². The van der Waals surface area contributed by atoms with Crippen molar-refractivity contribution < 1.29 is 18.3 Å². The zero-order chi connectivity index (χ0) is 23.4. The van der Waals surface area contributed by atoms with Gasteiger partial charge in [0.15, 0.2) is 5.65 Å². The maximum atomic E-state index is 14.3. The van der Waals surface area contributed by atoms with E-state index >= 15 is 0 Å². The Morgan fingerprint density at radius 2 is 1.94 bits per heavy atom. The number of fused-ring (bicyclic) bond motifs is 1. The number of rotatable bonds is 9. The van der Waals surface area contributed by atoms with Crippen molar-refractivity contribution in [1.29, 1.82) is 0 Å². The summed E-state index contributed by atoms with van der Waals surface area (Å²) in [5.41, 5.74) is 2.15. The van der Waals surface area contributed by atoms with E-state index in [-0.39, 0.29) is 18.7 Å². The van der Waals surface area contributed by atoms with Gasteiger partial charge >= 0.3 is 6.01 Å². The molecule has 0 amide bonds. The topological polar surface area (TPSA) is 86.5 Å². The highest BCUT2D eigenvalue weighted by molar-refractivity contribution is 5.75. The van der Waals surface area contributed by atoms with Gasteiger partial charge in [-0.15, -0.1) is 0 Å². The van der Waals surface area contributed by atoms with Crippen LogP contribution in [0.5, 0.6) is 6.01 Å². The fourth-order valence-electron chi connectivity index (χ4n) is 3.28. The summed E-state index contributed by atoms with van der Waals surface area (Å²) >= 11 is 0. The van der Waals surface area contributed by atoms with Gasteiger partial charge < -0.3 is 14.8 Å². The summed E-state index contributed by atoms with van der Waals surface area (Å²) in [5.74, 6) is -0.864. The summed E-state index contributed by atoms with van der Waals surface area (Å²) in [6.07, 6.45) is 5.19. The SMILES string of the molecule is CC(C)OCCOc1nc(N[C@@H](C)c2ccc(F)cc2F)cc(-c2cnn3cccnc23)n1. The number of hydrogen-bond acceptors (Lipinski definition) is 7. The number of aromatic nitrogens is 5. The number of ether oxygens (including phenoxy) is 2. The first-order valence-corrected chi connectivity index (χ1v) is 10.5. The third-order valence-corrected chi connectivity index (χ3v) is 4.82. The van der Waals surface area contributed by atoms with Crippen LogP contribution in [-0.2, 0) is 4.74 Å². The molecule has 3 aromatic heterocycles. The van der Waals surface area contributed by atoms with E-state index < -0.39 is 17.7 Å². The number of halogens is 2. The molecule has 0 spiro atoms. The summed E-state index contributed by atoms with van der Waals surface area (Å²) in [5, 5.41) is 7.45. The highest BCUT2D eigenvalue weighted by Crippen LogP contribution is 2.28. The zero-order valence-electron chi connectivity index (χ0n) is 18.5. The molecule has 1 N–H and O–H groups in total. The second-order valence-corrected chi connectivity index (χ2v) is 7.67. The fraction of sp³-hybridized carbons (Fsp3) is 0.304. The molecule has 0 unspecified atom stereocenters. The Balaban J connectivity index is 1.65. The molecule has 4 rings (SSSR count). The van der Waals surface area contributed by atoms with Crippen LogP contribution in [0.3, 0.4) is 0 Å². The molecule has 172 valence electrons. The molecule has 10 heteroatoms. The van der Waals surface area contributed by atoms with Crippen LogP contribution in [0.4, 0.5) is 14.6 Å². The molecular formula is C23H24F2N6O2. The molecule has 0 saturated heterocycles. The number of hydrogen-bond donors (Lipinski definition) is 1. The van der Waals surface area contributed by atoms with Gasteiger partial charge in [-0.2, -0.15) is 15.1 Å². The predicted octanol–water partition coefficient (Wildman–Crippen LogP) is 4.44. The number of nitrogens with one attached hydrogen (secondary N) is 1. The maximum absolute atomic E-state index is 14.3. The van der Waals surface area contributed by atoms with Gasteiger partial charge in [-0.25, -0.2) is 18.3 Å². The van der Waals surface area contributed by atoms with Gasteiger partial charge in [0.05, 0.1) is 36.2 Å². The van der Waals surface area contributed by atoms with Crippen molar-refractivity contribution in [2.45, 2.75) is 32.9 Å². The molecular weight excluding hydrogens is 430 g/mol. The molecule has 3 heterocycles. The van der Waals surface area contributed by atoms with Crippen molar-refractivity contribution >= 4 is 11.5 Å². The minimum atomic E-state index is -0.640. The lowest BCUT2D eigenvalue weighted by molar-refractivity contribution is 0.0532. The summed E-state index contributed by atoms with van der Waals surface area (Å²) in [6, 6.07) is 6.60. The Bertz CT molecular complexity index is 1250. The molecule has 0 aliphatic carbocycles. The highest BCUT2D eigenvalue weighted by atomic mass is 19.1. The Hall–Kier alpha value is -3.66. The van der Waals surface area contributed by atoms with Gasteiger partial charge in [0.1, 0.15) is 24.1 Å². The smallest absolute Gasteiger partial charge is 0.319 e. The molecule has 4 aromatic rings. The van der Waals surface area contributed by atoms with Crippen molar-refractivity contribution in [3.05, 3.63) is 66.1 Å². The van der Waals surface area contributed by atoms with Crippen molar-refractivity contribution in [3.8, 4) is 17.3 Å². The molecule has 0 fully saturated rings. The monoisotopic (exact) mass is 454 g/mol. The molecule has 0 radical (unpaired) electrons. The van der Waals surface area contributed by atoms with Crippen molar-refractivity contribution in [1.82, 2.24) is 24.6 Å².